The van der Waals surface area contributed by atoms with Crippen LogP contribution in [0.4, 0.5) is 0 Å². The van der Waals surface area contributed by atoms with Crippen LogP contribution in [-0.4, -0.2) is 6.61 Å². The minimum absolute atomic E-state index is 0.852. The highest BCUT2D eigenvalue weighted by molar-refractivity contribution is 7.07. The fourth-order valence-corrected chi connectivity index (χ4v) is 1.52. The van der Waals surface area contributed by atoms with Crippen LogP contribution in [-0.2, 0) is 0 Å². The zero-order valence-corrected chi connectivity index (χ0v) is 8.32. The molecule has 0 spiro atoms. The van der Waals surface area contributed by atoms with Gasteiger partial charge in [-0.2, -0.15) is 0 Å². The number of hydrogen-bond acceptors (Lipinski definition) is 2. The molecule has 1 rings (SSSR count). The number of thiophene rings is 1. The zero-order chi connectivity index (χ0) is 8.65. The molecule has 1 radical (unpaired) electrons. The monoisotopic (exact) mass is 183 g/mol. The summed E-state index contributed by atoms with van der Waals surface area (Å²) >= 11 is 1.56. The fourth-order valence-electron chi connectivity index (χ4n) is 1.01. The lowest BCUT2D eigenvalue weighted by atomic mass is 10.2. The van der Waals surface area contributed by atoms with Crippen molar-refractivity contribution < 1.29 is 4.74 Å². The van der Waals surface area contributed by atoms with Gasteiger partial charge in [0.2, 0.25) is 0 Å². The number of unbranched alkanes of at least 4 members (excludes halogenated alkanes) is 3. The van der Waals surface area contributed by atoms with Crippen molar-refractivity contribution in [3.8, 4) is 5.75 Å². The van der Waals surface area contributed by atoms with Crippen molar-refractivity contribution in [2.24, 2.45) is 0 Å². The molecule has 0 amide bonds. The maximum Gasteiger partial charge on any atom is 0.130 e. The second-order valence-corrected chi connectivity index (χ2v) is 3.52. The second-order valence-electron chi connectivity index (χ2n) is 2.81. The van der Waals surface area contributed by atoms with Gasteiger partial charge in [0.1, 0.15) is 5.75 Å². The minimum Gasteiger partial charge on any atom is -0.493 e. The number of ether oxygens (including phenoxy) is 1. The Morgan fingerprint density at radius 1 is 1.42 bits per heavy atom. The smallest absolute Gasteiger partial charge is 0.130 e. The predicted octanol–water partition coefficient (Wildman–Crippen LogP) is 3.51. The van der Waals surface area contributed by atoms with Crippen LogP contribution in [0.2, 0.25) is 0 Å². The summed E-state index contributed by atoms with van der Waals surface area (Å²) in [6.07, 6.45) is 5.05. The molecule has 12 heavy (non-hydrogen) atoms. The van der Waals surface area contributed by atoms with E-state index in [1.54, 1.807) is 11.3 Å². The Kier molecular flexibility index (Phi) is 4.85. The molecule has 1 aromatic heterocycles. The Labute approximate surface area is 78.4 Å². The van der Waals surface area contributed by atoms with E-state index >= 15 is 0 Å². The molecule has 0 saturated heterocycles. The molecule has 0 N–H and O–H groups in total. The lowest BCUT2D eigenvalue weighted by molar-refractivity contribution is 0.306. The summed E-state index contributed by atoms with van der Waals surface area (Å²) in [5.41, 5.74) is 0. The fraction of sp³-hybridized carbons (Fsp3) is 0.600. The maximum atomic E-state index is 5.47. The van der Waals surface area contributed by atoms with Crippen LogP contribution < -0.4 is 4.74 Å². The van der Waals surface area contributed by atoms with Crippen molar-refractivity contribution in [2.75, 3.05) is 6.61 Å². The molecule has 1 heterocycles. The van der Waals surface area contributed by atoms with E-state index in [2.05, 4.69) is 12.3 Å². The van der Waals surface area contributed by atoms with Gasteiger partial charge in [0.05, 0.1) is 6.61 Å². The molecule has 0 fully saturated rings. The maximum absolute atomic E-state index is 5.47. The summed E-state index contributed by atoms with van der Waals surface area (Å²) in [6.45, 7) is 3.07. The van der Waals surface area contributed by atoms with Crippen LogP contribution >= 0.6 is 11.3 Å². The first-order valence-electron chi connectivity index (χ1n) is 4.51. The second kappa shape index (κ2) is 6.06. The van der Waals surface area contributed by atoms with Gasteiger partial charge in [-0.1, -0.05) is 26.2 Å². The summed E-state index contributed by atoms with van der Waals surface area (Å²) in [4.78, 5) is 0. The van der Waals surface area contributed by atoms with Gasteiger partial charge in [-0.15, -0.1) is 11.3 Å². The van der Waals surface area contributed by atoms with Crippen molar-refractivity contribution in [1.82, 2.24) is 0 Å². The highest BCUT2D eigenvalue weighted by atomic mass is 32.1. The highest BCUT2D eigenvalue weighted by Gasteiger charge is 1.92. The number of rotatable bonds is 6. The molecule has 2 heteroatoms. The van der Waals surface area contributed by atoms with Crippen LogP contribution in [0.15, 0.2) is 11.4 Å². The Hall–Kier alpha value is -0.500. The van der Waals surface area contributed by atoms with Gasteiger partial charge in [0, 0.05) is 10.8 Å². The van der Waals surface area contributed by atoms with Crippen molar-refractivity contribution in [3.63, 3.8) is 0 Å². The molecule has 0 aliphatic rings. The Bertz CT molecular complexity index is 182. The molecule has 0 saturated carbocycles. The van der Waals surface area contributed by atoms with Crippen molar-refractivity contribution in [1.29, 1.82) is 0 Å². The SMILES string of the molecule is CCCCCCOc1c[c]sc1. The summed E-state index contributed by atoms with van der Waals surface area (Å²) in [6, 6.07) is 1.89. The van der Waals surface area contributed by atoms with Gasteiger partial charge < -0.3 is 4.74 Å². The zero-order valence-electron chi connectivity index (χ0n) is 7.51. The van der Waals surface area contributed by atoms with E-state index in [-0.39, 0.29) is 0 Å². The number of hydrogen-bond donors (Lipinski definition) is 0. The van der Waals surface area contributed by atoms with Gasteiger partial charge in [-0.25, -0.2) is 0 Å². The van der Waals surface area contributed by atoms with Gasteiger partial charge >= 0.3 is 0 Å². The molecule has 0 bridgehead atoms. The average Bonchev–Trinajstić information content (AvgIpc) is 2.57. The quantitative estimate of drug-likeness (QED) is 0.613. The molecule has 0 aliphatic carbocycles. The lowest BCUT2D eigenvalue weighted by Crippen LogP contribution is -1.95. The standard InChI is InChI=1S/C10H15OS/c1-2-3-4-5-7-11-10-6-8-12-9-10/h6,9H,2-5,7H2,1H3. The molecule has 1 nitrogen and oxygen atoms in total. The Balaban J connectivity index is 1.96. The van der Waals surface area contributed by atoms with E-state index in [4.69, 9.17) is 4.74 Å². The molecular weight excluding hydrogens is 168 g/mol. The molecular formula is C10H15OS. The largest absolute Gasteiger partial charge is 0.493 e. The van der Waals surface area contributed by atoms with Gasteiger partial charge in [0.25, 0.3) is 0 Å². The van der Waals surface area contributed by atoms with Crippen LogP contribution in [0.25, 0.3) is 0 Å². The van der Waals surface area contributed by atoms with E-state index in [1.165, 1.54) is 25.7 Å². The normalized spacial score (nSPS) is 10.1. The highest BCUT2D eigenvalue weighted by Crippen LogP contribution is 2.14. The van der Waals surface area contributed by atoms with Crippen LogP contribution in [0.3, 0.4) is 0 Å². The third-order valence-corrected chi connectivity index (χ3v) is 2.32. The van der Waals surface area contributed by atoms with E-state index in [9.17, 15) is 0 Å². The first kappa shape index (κ1) is 9.59. The van der Waals surface area contributed by atoms with E-state index in [1.807, 2.05) is 11.4 Å². The Morgan fingerprint density at radius 3 is 3.00 bits per heavy atom. The average molecular weight is 183 g/mol. The Morgan fingerprint density at radius 2 is 2.33 bits per heavy atom. The summed E-state index contributed by atoms with van der Waals surface area (Å²) in [5, 5.41) is 4.98. The van der Waals surface area contributed by atoms with Gasteiger partial charge in [-0.3, -0.25) is 0 Å². The first-order valence-corrected chi connectivity index (χ1v) is 5.39. The van der Waals surface area contributed by atoms with Crippen LogP contribution in [0.5, 0.6) is 5.75 Å². The predicted molar refractivity (Wildman–Crippen MR) is 52.8 cm³/mol. The third-order valence-electron chi connectivity index (χ3n) is 1.71. The van der Waals surface area contributed by atoms with Crippen LogP contribution in [0, 0.1) is 5.38 Å². The molecule has 0 unspecified atom stereocenters. The van der Waals surface area contributed by atoms with E-state index < -0.39 is 0 Å². The molecule has 0 aliphatic heterocycles. The van der Waals surface area contributed by atoms with Crippen molar-refractivity contribution >= 4 is 11.3 Å². The summed E-state index contributed by atoms with van der Waals surface area (Å²) < 4.78 is 5.47. The molecule has 0 aromatic carbocycles. The third kappa shape index (κ3) is 3.77. The minimum atomic E-state index is 0.852. The van der Waals surface area contributed by atoms with Gasteiger partial charge in [-0.05, 0) is 12.5 Å². The summed E-state index contributed by atoms with van der Waals surface area (Å²) in [7, 11) is 0. The molecule has 1 aromatic rings. The first-order chi connectivity index (χ1) is 5.93. The van der Waals surface area contributed by atoms with Crippen LogP contribution in [0.1, 0.15) is 32.6 Å². The topological polar surface area (TPSA) is 9.23 Å². The summed E-state index contributed by atoms with van der Waals surface area (Å²) in [5.74, 6) is 0.969. The van der Waals surface area contributed by atoms with E-state index in [0.29, 0.717) is 0 Å². The van der Waals surface area contributed by atoms with Crippen molar-refractivity contribution in [2.45, 2.75) is 32.6 Å². The van der Waals surface area contributed by atoms with Gasteiger partial charge in [0.15, 0.2) is 0 Å². The molecule has 67 valence electrons. The molecule has 0 atom stereocenters. The lowest BCUT2D eigenvalue weighted by Gasteiger charge is -2.02. The van der Waals surface area contributed by atoms with Crippen molar-refractivity contribution in [3.05, 3.63) is 16.8 Å². The van der Waals surface area contributed by atoms with E-state index in [0.717, 1.165) is 12.4 Å².